The number of benzene rings is 1. The molecular weight excluding hydrogens is 384 g/mol. The second-order valence-electron chi connectivity index (χ2n) is 5.76. The van der Waals surface area contributed by atoms with Crippen molar-refractivity contribution < 1.29 is 9.53 Å². The lowest BCUT2D eigenvalue weighted by atomic mass is 10.1. The van der Waals surface area contributed by atoms with E-state index < -0.39 is 0 Å². The highest BCUT2D eigenvalue weighted by molar-refractivity contribution is 9.10. The van der Waals surface area contributed by atoms with Crippen LogP contribution in [-0.2, 0) is 4.79 Å². The molecule has 7 heteroatoms. The van der Waals surface area contributed by atoms with Crippen molar-refractivity contribution in [3.05, 3.63) is 40.1 Å². The maximum atomic E-state index is 12.5. The first-order chi connectivity index (χ1) is 12.2. The summed E-state index contributed by atoms with van der Waals surface area (Å²) in [7, 11) is 0. The van der Waals surface area contributed by atoms with E-state index in [2.05, 4.69) is 32.0 Å². The number of rotatable bonds is 3. The van der Waals surface area contributed by atoms with Crippen LogP contribution in [0.4, 0.5) is 0 Å². The molecule has 1 amide bonds. The van der Waals surface area contributed by atoms with Gasteiger partial charge >= 0.3 is 0 Å². The molecule has 1 saturated heterocycles. The summed E-state index contributed by atoms with van der Waals surface area (Å²) < 4.78 is 6.71. The third-order valence-electron chi connectivity index (χ3n) is 4.06. The highest BCUT2D eigenvalue weighted by Crippen LogP contribution is 2.25. The van der Waals surface area contributed by atoms with Crippen LogP contribution in [0.1, 0.15) is 24.8 Å². The molecule has 1 aromatic rings. The molecule has 0 atom stereocenters. The zero-order valence-electron chi connectivity index (χ0n) is 13.6. The average Bonchev–Trinajstić information content (AvgIpc) is 2.91. The van der Waals surface area contributed by atoms with Gasteiger partial charge in [0.05, 0.1) is 11.8 Å². The second-order valence-corrected chi connectivity index (χ2v) is 6.61. The van der Waals surface area contributed by atoms with Gasteiger partial charge in [0.15, 0.2) is 0 Å². The third-order valence-corrected chi connectivity index (χ3v) is 4.71. The van der Waals surface area contributed by atoms with Gasteiger partial charge in [-0.15, -0.1) is 0 Å². The molecule has 0 radical (unpaired) electrons. The van der Waals surface area contributed by atoms with Crippen molar-refractivity contribution in [3.63, 3.8) is 0 Å². The molecule has 1 fully saturated rings. The summed E-state index contributed by atoms with van der Waals surface area (Å²) in [5.41, 5.74) is 0.955. The molecule has 2 aliphatic rings. The van der Waals surface area contributed by atoms with Gasteiger partial charge in [0.2, 0.25) is 0 Å². The van der Waals surface area contributed by atoms with Crippen molar-refractivity contribution in [2.75, 3.05) is 13.1 Å². The summed E-state index contributed by atoms with van der Waals surface area (Å²) in [5, 5.41) is 8.96. The maximum absolute atomic E-state index is 12.5. The third kappa shape index (κ3) is 4.34. The van der Waals surface area contributed by atoms with Crippen molar-refractivity contribution in [1.29, 1.82) is 5.26 Å². The largest absolute Gasteiger partial charge is 0.490 e. The van der Waals surface area contributed by atoms with E-state index in [-0.39, 0.29) is 12.0 Å². The van der Waals surface area contributed by atoms with E-state index in [1.165, 1.54) is 6.20 Å². The first-order valence-electron chi connectivity index (χ1n) is 8.07. The van der Waals surface area contributed by atoms with Gasteiger partial charge in [0.25, 0.3) is 5.91 Å². The summed E-state index contributed by atoms with van der Waals surface area (Å²) in [5.74, 6) is 0.635. The van der Waals surface area contributed by atoms with Gasteiger partial charge in [0.1, 0.15) is 23.6 Å². The predicted octanol–water partition coefficient (Wildman–Crippen LogP) is 3.08. The van der Waals surface area contributed by atoms with E-state index in [1.54, 1.807) is 35.5 Å². The average molecular weight is 401 g/mol. The van der Waals surface area contributed by atoms with Crippen LogP contribution in [0.15, 0.2) is 44.6 Å². The van der Waals surface area contributed by atoms with Crippen molar-refractivity contribution in [1.82, 2.24) is 4.90 Å². The van der Waals surface area contributed by atoms with Gasteiger partial charge in [-0.2, -0.15) is 5.26 Å². The highest BCUT2D eigenvalue weighted by atomic mass is 79.9. The number of carbonyl (C=O) groups excluding carboxylic acids is 1. The van der Waals surface area contributed by atoms with E-state index in [1.807, 2.05) is 0 Å². The molecule has 2 heterocycles. The van der Waals surface area contributed by atoms with E-state index in [9.17, 15) is 4.79 Å². The van der Waals surface area contributed by atoms with Crippen LogP contribution in [0.5, 0.6) is 5.75 Å². The van der Waals surface area contributed by atoms with Gasteiger partial charge in [0, 0.05) is 49.3 Å². The van der Waals surface area contributed by atoms with Crippen molar-refractivity contribution in [2.24, 2.45) is 9.98 Å². The monoisotopic (exact) mass is 400 g/mol. The Morgan fingerprint density at radius 1 is 1.32 bits per heavy atom. The standard InChI is InChI=1S/C18H17BrN4O2/c19-16-10-15(3-2-13(16)11-20)25-14-4-8-23(9-5-14)18(24)17-12-21-6-1-7-22-17/h2-3,6-7,10,12,14H,1,4-5,8-9H2. The van der Waals surface area contributed by atoms with Crippen molar-refractivity contribution in [3.8, 4) is 11.8 Å². The van der Waals surface area contributed by atoms with Crippen molar-refractivity contribution in [2.45, 2.75) is 25.4 Å². The number of hydrogen-bond donors (Lipinski definition) is 0. The summed E-state index contributed by atoms with van der Waals surface area (Å²) in [6.45, 7) is 1.25. The van der Waals surface area contributed by atoms with Gasteiger partial charge < -0.3 is 9.64 Å². The molecule has 0 spiro atoms. The van der Waals surface area contributed by atoms with E-state index >= 15 is 0 Å². The fraction of sp³-hybridized carbons (Fsp3) is 0.333. The van der Waals surface area contributed by atoms with Crippen LogP contribution < -0.4 is 4.74 Å². The molecule has 0 N–H and O–H groups in total. The number of carbonyl (C=O) groups is 1. The molecule has 6 nitrogen and oxygen atoms in total. The molecule has 0 aromatic heterocycles. The lowest BCUT2D eigenvalue weighted by Crippen LogP contribution is -2.42. The summed E-state index contributed by atoms with van der Waals surface area (Å²) in [6, 6.07) is 7.44. The zero-order chi connectivity index (χ0) is 17.6. The van der Waals surface area contributed by atoms with Gasteiger partial charge in [-0.3, -0.25) is 14.8 Å². The minimum atomic E-state index is -0.0881. The van der Waals surface area contributed by atoms with Gasteiger partial charge in [-0.1, -0.05) is 0 Å². The Hall–Kier alpha value is -2.46. The number of halogens is 1. The van der Waals surface area contributed by atoms with Gasteiger partial charge in [-0.05, 0) is 34.1 Å². The minimum absolute atomic E-state index is 0.0496. The molecule has 1 aromatic carbocycles. The fourth-order valence-corrected chi connectivity index (χ4v) is 3.16. The van der Waals surface area contributed by atoms with Crippen LogP contribution in [0.3, 0.4) is 0 Å². The molecule has 128 valence electrons. The van der Waals surface area contributed by atoms with Crippen LogP contribution >= 0.6 is 15.9 Å². The highest BCUT2D eigenvalue weighted by Gasteiger charge is 2.26. The number of ether oxygens (including phenoxy) is 1. The summed E-state index contributed by atoms with van der Waals surface area (Å²) >= 11 is 3.36. The Balaban J connectivity index is 1.56. The number of nitriles is 1. The molecule has 3 rings (SSSR count). The zero-order valence-corrected chi connectivity index (χ0v) is 15.1. The number of hydrogen-bond acceptors (Lipinski definition) is 5. The Morgan fingerprint density at radius 3 is 2.84 bits per heavy atom. The molecule has 25 heavy (non-hydrogen) atoms. The molecule has 0 aliphatic carbocycles. The van der Waals surface area contributed by atoms with Gasteiger partial charge in [-0.25, -0.2) is 0 Å². The number of amides is 1. The smallest absolute Gasteiger partial charge is 0.274 e. The Labute approximate surface area is 154 Å². The molecule has 0 saturated carbocycles. The molecule has 0 bridgehead atoms. The van der Waals surface area contributed by atoms with Crippen molar-refractivity contribution >= 4 is 34.3 Å². The Morgan fingerprint density at radius 2 is 2.12 bits per heavy atom. The van der Waals surface area contributed by atoms with E-state index in [0.717, 1.165) is 23.1 Å². The number of likely N-dealkylation sites (tertiary alicyclic amines) is 1. The van der Waals surface area contributed by atoms with E-state index in [4.69, 9.17) is 10.00 Å². The number of piperidine rings is 1. The van der Waals surface area contributed by atoms with Crippen LogP contribution in [-0.4, -0.2) is 42.4 Å². The number of nitrogens with zero attached hydrogens (tertiary/aromatic N) is 4. The number of aliphatic imine (C=N–C) groups is 2. The lowest BCUT2D eigenvalue weighted by molar-refractivity contribution is -0.128. The maximum Gasteiger partial charge on any atom is 0.274 e. The minimum Gasteiger partial charge on any atom is -0.490 e. The quantitative estimate of drug-likeness (QED) is 0.781. The fourth-order valence-electron chi connectivity index (χ4n) is 2.72. The Kier molecular flexibility index (Phi) is 5.61. The van der Waals surface area contributed by atoms with Crippen LogP contribution in [0, 0.1) is 11.3 Å². The van der Waals surface area contributed by atoms with Crippen LogP contribution in [0.2, 0.25) is 0 Å². The Bertz CT molecular complexity index is 787. The first kappa shape index (κ1) is 17.4. The lowest BCUT2D eigenvalue weighted by Gasteiger charge is -2.32. The first-order valence-corrected chi connectivity index (χ1v) is 8.86. The van der Waals surface area contributed by atoms with Crippen LogP contribution in [0.25, 0.3) is 0 Å². The topological polar surface area (TPSA) is 78.0 Å². The normalized spacial score (nSPS) is 17.6. The predicted molar refractivity (Wildman–Crippen MR) is 98.8 cm³/mol. The summed E-state index contributed by atoms with van der Waals surface area (Å²) in [6.07, 6.45) is 7.13. The van der Waals surface area contributed by atoms with E-state index in [0.29, 0.717) is 30.8 Å². The molecular formula is C18H17BrN4O2. The second kappa shape index (κ2) is 8.08. The summed E-state index contributed by atoms with van der Waals surface area (Å²) in [4.78, 5) is 22.5. The SMILES string of the molecule is N#Cc1ccc(OC2CCN(C(=O)C3=CN=CCC=N3)CC2)cc1Br. The molecule has 0 unspecified atom stereocenters. The molecule has 2 aliphatic heterocycles.